The molecule has 0 saturated carbocycles. The van der Waals surface area contributed by atoms with Crippen molar-refractivity contribution in [3.05, 3.63) is 71.3 Å². The fourth-order valence-corrected chi connectivity index (χ4v) is 2.53. The highest BCUT2D eigenvalue weighted by Crippen LogP contribution is 2.40. The van der Waals surface area contributed by atoms with Crippen molar-refractivity contribution in [3.8, 4) is 11.5 Å². The quantitative estimate of drug-likeness (QED) is 0.733. The summed E-state index contributed by atoms with van der Waals surface area (Å²) in [5.74, 6) is 1.81. The standard InChI is InChI=1S/C19H22O2/c1-14(2)13-16(15-9-6-5-7-10-15)19-17(20-3)11-8-12-18(19)21-4/h5-13,16H,1-4H3. The molecule has 0 aliphatic heterocycles. The van der Waals surface area contributed by atoms with E-state index in [1.807, 2.05) is 24.3 Å². The Hall–Kier alpha value is -2.22. The Labute approximate surface area is 127 Å². The maximum absolute atomic E-state index is 5.56. The summed E-state index contributed by atoms with van der Waals surface area (Å²) in [7, 11) is 3.39. The minimum absolute atomic E-state index is 0.113. The highest BCUT2D eigenvalue weighted by atomic mass is 16.5. The summed E-state index contributed by atoms with van der Waals surface area (Å²) in [5, 5.41) is 0. The highest BCUT2D eigenvalue weighted by molar-refractivity contribution is 5.53. The highest BCUT2D eigenvalue weighted by Gasteiger charge is 2.20. The molecular weight excluding hydrogens is 260 g/mol. The first kappa shape index (κ1) is 15.2. The van der Waals surface area contributed by atoms with Crippen LogP contribution in [0.5, 0.6) is 11.5 Å². The van der Waals surface area contributed by atoms with Gasteiger partial charge in [0.15, 0.2) is 0 Å². The Kier molecular flexibility index (Phi) is 5.04. The monoisotopic (exact) mass is 282 g/mol. The van der Waals surface area contributed by atoms with Crippen LogP contribution in [0.4, 0.5) is 0 Å². The second-order valence-electron chi connectivity index (χ2n) is 5.21. The lowest BCUT2D eigenvalue weighted by Crippen LogP contribution is -2.04. The molecule has 21 heavy (non-hydrogen) atoms. The summed E-state index contributed by atoms with van der Waals surface area (Å²) < 4.78 is 11.1. The van der Waals surface area contributed by atoms with E-state index < -0.39 is 0 Å². The molecule has 2 aromatic rings. The summed E-state index contributed by atoms with van der Waals surface area (Å²) in [6.45, 7) is 4.22. The number of methoxy groups -OCH3 is 2. The zero-order chi connectivity index (χ0) is 15.2. The topological polar surface area (TPSA) is 18.5 Å². The molecule has 1 atom stereocenters. The maximum atomic E-state index is 5.56. The van der Waals surface area contributed by atoms with Gasteiger partial charge in [0.2, 0.25) is 0 Å². The molecule has 0 spiro atoms. The van der Waals surface area contributed by atoms with E-state index in [4.69, 9.17) is 9.47 Å². The van der Waals surface area contributed by atoms with E-state index in [1.165, 1.54) is 11.1 Å². The lowest BCUT2D eigenvalue weighted by molar-refractivity contribution is 0.384. The minimum Gasteiger partial charge on any atom is -0.496 e. The number of ether oxygens (including phenoxy) is 2. The second kappa shape index (κ2) is 6.98. The summed E-state index contributed by atoms with van der Waals surface area (Å²) in [4.78, 5) is 0. The molecule has 2 nitrogen and oxygen atoms in total. The number of rotatable bonds is 5. The van der Waals surface area contributed by atoms with Crippen LogP contribution in [0.1, 0.15) is 30.9 Å². The van der Waals surface area contributed by atoms with Gasteiger partial charge in [-0.05, 0) is 31.5 Å². The van der Waals surface area contributed by atoms with Crippen LogP contribution in [0.3, 0.4) is 0 Å². The zero-order valence-electron chi connectivity index (χ0n) is 13.1. The molecule has 0 fully saturated rings. The largest absolute Gasteiger partial charge is 0.496 e. The lowest BCUT2D eigenvalue weighted by atomic mass is 9.88. The predicted molar refractivity (Wildman–Crippen MR) is 87.3 cm³/mol. The molecule has 2 heteroatoms. The SMILES string of the molecule is COc1cccc(OC)c1C(C=C(C)C)c1ccccc1. The molecule has 0 saturated heterocycles. The van der Waals surface area contributed by atoms with Crippen LogP contribution >= 0.6 is 0 Å². The average Bonchev–Trinajstić information content (AvgIpc) is 2.52. The molecule has 0 aromatic heterocycles. The van der Waals surface area contributed by atoms with Crippen molar-refractivity contribution in [2.45, 2.75) is 19.8 Å². The van der Waals surface area contributed by atoms with Gasteiger partial charge in [0, 0.05) is 11.5 Å². The van der Waals surface area contributed by atoms with Crippen LogP contribution in [0.2, 0.25) is 0 Å². The molecule has 0 amide bonds. The first-order valence-electron chi connectivity index (χ1n) is 7.08. The van der Waals surface area contributed by atoms with Gasteiger partial charge in [-0.15, -0.1) is 0 Å². The smallest absolute Gasteiger partial charge is 0.126 e. The van der Waals surface area contributed by atoms with E-state index in [0.29, 0.717) is 0 Å². The Morgan fingerprint density at radius 2 is 1.43 bits per heavy atom. The molecule has 0 heterocycles. The van der Waals surface area contributed by atoms with E-state index in [9.17, 15) is 0 Å². The summed E-state index contributed by atoms with van der Waals surface area (Å²) in [6.07, 6.45) is 2.25. The molecule has 0 bridgehead atoms. The van der Waals surface area contributed by atoms with Crippen LogP contribution in [0.15, 0.2) is 60.2 Å². The van der Waals surface area contributed by atoms with Gasteiger partial charge in [0.25, 0.3) is 0 Å². The maximum Gasteiger partial charge on any atom is 0.126 e. The fourth-order valence-electron chi connectivity index (χ4n) is 2.53. The minimum atomic E-state index is 0.113. The molecule has 0 aliphatic rings. The van der Waals surface area contributed by atoms with Gasteiger partial charge in [0.05, 0.1) is 14.2 Å². The Bertz CT molecular complexity index is 588. The fraction of sp³-hybridized carbons (Fsp3) is 0.263. The third-order valence-electron chi connectivity index (χ3n) is 3.44. The molecule has 0 aliphatic carbocycles. The average molecular weight is 282 g/mol. The van der Waals surface area contributed by atoms with Gasteiger partial charge in [-0.3, -0.25) is 0 Å². The van der Waals surface area contributed by atoms with E-state index in [0.717, 1.165) is 17.1 Å². The van der Waals surface area contributed by atoms with Crippen LogP contribution in [-0.2, 0) is 0 Å². The summed E-state index contributed by atoms with van der Waals surface area (Å²) in [6, 6.07) is 16.3. The first-order valence-corrected chi connectivity index (χ1v) is 7.08. The van der Waals surface area contributed by atoms with Crippen molar-refractivity contribution >= 4 is 0 Å². The Morgan fingerprint density at radius 3 is 1.90 bits per heavy atom. The Balaban J connectivity index is 2.65. The molecule has 2 rings (SSSR count). The van der Waals surface area contributed by atoms with Crippen LogP contribution in [0.25, 0.3) is 0 Å². The molecule has 110 valence electrons. The number of hydrogen-bond donors (Lipinski definition) is 0. The van der Waals surface area contributed by atoms with Crippen molar-refractivity contribution < 1.29 is 9.47 Å². The number of hydrogen-bond acceptors (Lipinski definition) is 2. The van der Waals surface area contributed by atoms with E-state index in [-0.39, 0.29) is 5.92 Å². The molecule has 2 aromatic carbocycles. The Morgan fingerprint density at radius 1 is 0.857 bits per heavy atom. The van der Waals surface area contributed by atoms with E-state index in [2.05, 4.69) is 44.2 Å². The van der Waals surface area contributed by atoms with Crippen LogP contribution < -0.4 is 9.47 Å². The van der Waals surface area contributed by atoms with Crippen molar-refractivity contribution in [1.82, 2.24) is 0 Å². The van der Waals surface area contributed by atoms with Crippen molar-refractivity contribution in [2.75, 3.05) is 14.2 Å². The van der Waals surface area contributed by atoms with Crippen molar-refractivity contribution in [3.63, 3.8) is 0 Å². The van der Waals surface area contributed by atoms with Crippen molar-refractivity contribution in [2.24, 2.45) is 0 Å². The zero-order valence-corrected chi connectivity index (χ0v) is 13.1. The molecule has 1 unspecified atom stereocenters. The van der Waals surface area contributed by atoms with Gasteiger partial charge < -0.3 is 9.47 Å². The molecule has 0 N–H and O–H groups in total. The van der Waals surface area contributed by atoms with Gasteiger partial charge in [-0.25, -0.2) is 0 Å². The molecule has 0 radical (unpaired) electrons. The van der Waals surface area contributed by atoms with Gasteiger partial charge in [-0.2, -0.15) is 0 Å². The van der Waals surface area contributed by atoms with Gasteiger partial charge in [0.1, 0.15) is 11.5 Å². The summed E-state index contributed by atoms with van der Waals surface area (Å²) in [5.41, 5.74) is 3.55. The summed E-state index contributed by atoms with van der Waals surface area (Å²) >= 11 is 0. The number of benzene rings is 2. The molecular formula is C19H22O2. The predicted octanol–water partition coefficient (Wildman–Crippen LogP) is 4.80. The lowest BCUT2D eigenvalue weighted by Gasteiger charge is -2.20. The van der Waals surface area contributed by atoms with Gasteiger partial charge in [-0.1, -0.05) is 48.0 Å². The third kappa shape index (κ3) is 3.46. The van der Waals surface area contributed by atoms with Crippen LogP contribution in [0, 0.1) is 0 Å². The third-order valence-corrected chi connectivity index (χ3v) is 3.44. The second-order valence-corrected chi connectivity index (χ2v) is 5.21. The normalized spacial score (nSPS) is 11.6. The number of allylic oxidation sites excluding steroid dienone is 2. The van der Waals surface area contributed by atoms with Crippen LogP contribution in [-0.4, -0.2) is 14.2 Å². The first-order chi connectivity index (χ1) is 10.2. The van der Waals surface area contributed by atoms with Gasteiger partial charge >= 0.3 is 0 Å². The van der Waals surface area contributed by atoms with E-state index >= 15 is 0 Å². The van der Waals surface area contributed by atoms with Crippen molar-refractivity contribution in [1.29, 1.82) is 0 Å². The van der Waals surface area contributed by atoms with E-state index in [1.54, 1.807) is 14.2 Å².